The molecule has 0 aliphatic rings. The zero-order valence-electron chi connectivity index (χ0n) is 21.6. The van der Waals surface area contributed by atoms with Crippen LogP contribution in [0.2, 0.25) is 0 Å². The fraction of sp³-hybridized carbons (Fsp3) is 0.194. The second-order valence-corrected chi connectivity index (χ2v) is 11.4. The van der Waals surface area contributed by atoms with Gasteiger partial charge in [0.2, 0.25) is 10.0 Å². The van der Waals surface area contributed by atoms with E-state index < -0.39 is 10.0 Å². The molecule has 6 heteroatoms. The lowest BCUT2D eigenvalue weighted by atomic mass is 9.97. The average molecular weight is 513 g/mol. The molecule has 0 aromatic heterocycles. The van der Waals surface area contributed by atoms with E-state index in [9.17, 15) is 13.2 Å². The van der Waals surface area contributed by atoms with Gasteiger partial charge in [-0.15, -0.1) is 0 Å². The van der Waals surface area contributed by atoms with Gasteiger partial charge in [-0.05, 0) is 66.8 Å². The second kappa shape index (κ2) is 11.0. The Morgan fingerprint density at radius 2 is 1.38 bits per heavy atom. The first-order chi connectivity index (χ1) is 17.6. The Morgan fingerprint density at radius 3 is 2.00 bits per heavy atom. The van der Waals surface area contributed by atoms with Crippen molar-refractivity contribution in [1.29, 1.82) is 0 Å². The van der Waals surface area contributed by atoms with Crippen molar-refractivity contribution < 1.29 is 13.2 Å². The molecular weight excluding hydrogens is 480 g/mol. The Labute approximate surface area is 219 Å². The molecule has 0 fully saturated rings. The molecule has 0 aliphatic heterocycles. The minimum absolute atomic E-state index is 0.182. The quantitative estimate of drug-likeness (QED) is 0.310. The van der Waals surface area contributed by atoms with Crippen LogP contribution in [-0.4, -0.2) is 20.6 Å². The maximum absolute atomic E-state index is 13.2. The topological polar surface area (TPSA) is 66.5 Å². The predicted molar refractivity (Wildman–Crippen MR) is 150 cm³/mol. The number of hydrogen-bond donors (Lipinski definition) is 1. The molecule has 4 aromatic carbocycles. The van der Waals surface area contributed by atoms with E-state index in [1.807, 2.05) is 106 Å². The first-order valence-electron chi connectivity index (χ1n) is 12.2. The molecule has 5 nitrogen and oxygen atoms in total. The third-order valence-corrected chi connectivity index (χ3v) is 7.52. The van der Waals surface area contributed by atoms with Crippen molar-refractivity contribution in [3.63, 3.8) is 0 Å². The molecule has 1 atom stereocenters. The van der Waals surface area contributed by atoms with Gasteiger partial charge >= 0.3 is 0 Å². The van der Waals surface area contributed by atoms with E-state index in [0.29, 0.717) is 11.3 Å². The van der Waals surface area contributed by atoms with E-state index in [1.165, 1.54) is 10.6 Å². The van der Waals surface area contributed by atoms with Crippen LogP contribution in [0, 0.1) is 20.8 Å². The maximum Gasteiger partial charge on any atom is 0.252 e. The molecule has 4 aromatic rings. The first kappa shape index (κ1) is 26.2. The van der Waals surface area contributed by atoms with E-state index in [2.05, 4.69) is 5.32 Å². The van der Waals surface area contributed by atoms with Gasteiger partial charge < -0.3 is 5.32 Å². The number of benzene rings is 4. The first-order valence-corrected chi connectivity index (χ1v) is 14.0. The van der Waals surface area contributed by atoms with Crippen LogP contribution in [0.4, 0.5) is 5.69 Å². The molecule has 0 spiro atoms. The van der Waals surface area contributed by atoms with Crippen LogP contribution in [-0.2, 0) is 16.6 Å². The van der Waals surface area contributed by atoms with E-state index in [0.717, 1.165) is 33.4 Å². The summed E-state index contributed by atoms with van der Waals surface area (Å²) in [5.41, 5.74) is 6.98. The summed E-state index contributed by atoms with van der Waals surface area (Å²) in [6, 6.07) is 30.6. The molecule has 0 heterocycles. The standard InChI is InChI=1S/C31H32N2O3S/c1-22-11-16-27(17-12-22)30(26-8-6-5-7-9-26)32-31(34)28-18-14-25(15-19-28)21-33(37(4,35)36)29-20-23(2)10-13-24(29)3/h5-20,30H,21H2,1-4H3,(H,32,34)/t30-/m0/s1. The predicted octanol–water partition coefficient (Wildman–Crippen LogP) is 6.10. The van der Waals surface area contributed by atoms with Crippen molar-refractivity contribution in [3.05, 3.63) is 136 Å². The average Bonchev–Trinajstić information content (AvgIpc) is 2.88. The van der Waals surface area contributed by atoms with E-state index in [-0.39, 0.29) is 18.5 Å². The summed E-state index contributed by atoms with van der Waals surface area (Å²) in [5.74, 6) is -0.199. The summed E-state index contributed by atoms with van der Waals surface area (Å²) in [6.07, 6.45) is 1.21. The van der Waals surface area contributed by atoms with E-state index in [1.54, 1.807) is 12.1 Å². The Hall–Kier alpha value is -3.90. The molecule has 0 saturated carbocycles. The molecule has 0 bridgehead atoms. The fourth-order valence-corrected chi connectivity index (χ4v) is 5.21. The van der Waals surface area contributed by atoms with Crippen LogP contribution in [0.25, 0.3) is 0 Å². The van der Waals surface area contributed by atoms with Crippen molar-refractivity contribution in [2.75, 3.05) is 10.6 Å². The summed E-state index contributed by atoms with van der Waals surface area (Å²) >= 11 is 0. The Bertz CT molecular complexity index is 1480. The minimum atomic E-state index is -3.51. The van der Waals surface area contributed by atoms with E-state index >= 15 is 0 Å². The van der Waals surface area contributed by atoms with E-state index in [4.69, 9.17) is 0 Å². The van der Waals surface area contributed by atoms with Crippen molar-refractivity contribution in [2.45, 2.75) is 33.4 Å². The highest BCUT2D eigenvalue weighted by Crippen LogP contribution is 2.27. The lowest BCUT2D eigenvalue weighted by Gasteiger charge is -2.25. The van der Waals surface area contributed by atoms with Gasteiger partial charge in [0.05, 0.1) is 24.5 Å². The maximum atomic E-state index is 13.2. The van der Waals surface area contributed by atoms with Crippen LogP contribution in [0.3, 0.4) is 0 Å². The Morgan fingerprint density at radius 1 is 0.784 bits per heavy atom. The number of carbonyl (C=O) groups excluding carboxylic acids is 1. The number of nitrogens with zero attached hydrogens (tertiary/aromatic N) is 1. The SMILES string of the molecule is Cc1ccc([C@@H](NC(=O)c2ccc(CN(c3cc(C)ccc3C)S(C)(=O)=O)cc2)c2ccccc2)cc1. The number of rotatable bonds is 8. The van der Waals surface area contributed by atoms with Crippen molar-refractivity contribution in [2.24, 2.45) is 0 Å². The highest BCUT2D eigenvalue weighted by Gasteiger charge is 2.21. The molecular formula is C31H32N2O3S. The molecule has 0 saturated heterocycles. The highest BCUT2D eigenvalue weighted by molar-refractivity contribution is 7.92. The van der Waals surface area contributed by atoms with Crippen LogP contribution in [0.15, 0.2) is 97.1 Å². The van der Waals surface area contributed by atoms with Gasteiger partial charge in [0.25, 0.3) is 5.91 Å². The summed E-state index contributed by atoms with van der Waals surface area (Å²) < 4.78 is 26.7. The summed E-state index contributed by atoms with van der Waals surface area (Å²) in [7, 11) is -3.51. The molecule has 1 amide bonds. The van der Waals surface area contributed by atoms with Crippen molar-refractivity contribution >= 4 is 21.6 Å². The number of sulfonamides is 1. The van der Waals surface area contributed by atoms with Crippen molar-refractivity contribution in [3.8, 4) is 0 Å². The van der Waals surface area contributed by atoms with Gasteiger partial charge in [0, 0.05) is 5.56 Å². The molecule has 37 heavy (non-hydrogen) atoms. The molecule has 190 valence electrons. The van der Waals surface area contributed by atoms with Gasteiger partial charge in [-0.2, -0.15) is 0 Å². The number of hydrogen-bond acceptors (Lipinski definition) is 3. The van der Waals surface area contributed by atoms with Gasteiger partial charge in [0.15, 0.2) is 0 Å². The number of anilines is 1. The summed E-state index contributed by atoms with van der Waals surface area (Å²) in [5, 5.41) is 3.16. The lowest BCUT2D eigenvalue weighted by Crippen LogP contribution is -2.30. The van der Waals surface area contributed by atoms with Gasteiger partial charge in [-0.1, -0.05) is 84.4 Å². The highest BCUT2D eigenvalue weighted by atomic mass is 32.2. The van der Waals surface area contributed by atoms with Crippen LogP contribution >= 0.6 is 0 Å². The van der Waals surface area contributed by atoms with Gasteiger partial charge in [0.1, 0.15) is 0 Å². The largest absolute Gasteiger partial charge is 0.341 e. The zero-order chi connectivity index (χ0) is 26.6. The minimum Gasteiger partial charge on any atom is -0.341 e. The number of carbonyl (C=O) groups is 1. The molecule has 4 rings (SSSR count). The molecule has 0 aliphatic carbocycles. The van der Waals surface area contributed by atoms with Crippen LogP contribution in [0.1, 0.15) is 49.8 Å². The smallest absolute Gasteiger partial charge is 0.252 e. The number of aryl methyl sites for hydroxylation is 3. The van der Waals surface area contributed by atoms with Gasteiger partial charge in [-0.25, -0.2) is 8.42 Å². The number of amides is 1. The molecule has 1 N–H and O–H groups in total. The van der Waals surface area contributed by atoms with Crippen LogP contribution < -0.4 is 9.62 Å². The van der Waals surface area contributed by atoms with Crippen LogP contribution in [0.5, 0.6) is 0 Å². The lowest BCUT2D eigenvalue weighted by molar-refractivity contribution is 0.0943. The second-order valence-electron chi connectivity index (χ2n) is 9.48. The van der Waals surface area contributed by atoms with Gasteiger partial charge in [-0.3, -0.25) is 9.10 Å². The Kier molecular flexibility index (Phi) is 7.79. The third kappa shape index (κ3) is 6.46. The van der Waals surface area contributed by atoms with Crippen molar-refractivity contribution in [1.82, 2.24) is 5.32 Å². The fourth-order valence-electron chi connectivity index (χ4n) is 4.27. The Balaban J connectivity index is 1.56. The third-order valence-electron chi connectivity index (χ3n) is 6.39. The number of nitrogens with one attached hydrogen (secondary N) is 1. The molecule has 0 unspecified atom stereocenters. The molecule has 0 radical (unpaired) electrons. The normalized spacial score (nSPS) is 12.1. The summed E-state index contributed by atoms with van der Waals surface area (Å²) in [6.45, 7) is 6.06. The zero-order valence-corrected chi connectivity index (χ0v) is 22.4. The monoisotopic (exact) mass is 512 g/mol. The summed E-state index contributed by atoms with van der Waals surface area (Å²) in [4.78, 5) is 13.2.